The van der Waals surface area contributed by atoms with Gasteiger partial charge in [0.15, 0.2) is 0 Å². The Bertz CT molecular complexity index is 557. The third-order valence-electron chi connectivity index (χ3n) is 3.86. The molecular formula is C14H20BrNO2S. The van der Waals surface area contributed by atoms with Gasteiger partial charge in [-0.25, -0.2) is 13.1 Å². The number of nitrogens with one attached hydrogen (secondary N) is 1. The molecule has 0 radical (unpaired) electrons. The number of benzene rings is 1. The van der Waals surface area contributed by atoms with Crippen molar-refractivity contribution >= 4 is 26.0 Å². The van der Waals surface area contributed by atoms with Crippen molar-refractivity contribution in [1.82, 2.24) is 4.72 Å². The summed E-state index contributed by atoms with van der Waals surface area (Å²) in [5, 5.41) is 0. The SMILES string of the molecule is Cc1cc(S(=O)(=O)N[C@@H]2CCCC[C@@H]2C)ccc1Br. The number of rotatable bonds is 3. The highest BCUT2D eigenvalue weighted by Crippen LogP contribution is 2.26. The van der Waals surface area contributed by atoms with Crippen LogP contribution in [0.4, 0.5) is 0 Å². The Morgan fingerprint density at radius 2 is 1.95 bits per heavy atom. The zero-order valence-electron chi connectivity index (χ0n) is 11.3. The van der Waals surface area contributed by atoms with Crippen molar-refractivity contribution in [3.8, 4) is 0 Å². The highest BCUT2D eigenvalue weighted by atomic mass is 79.9. The van der Waals surface area contributed by atoms with Gasteiger partial charge in [-0.1, -0.05) is 35.7 Å². The van der Waals surface area contributed by atoms with Crippen molar-refractivity contribution in [3.63, 3.8) is 0 Å². The summed E-state index contributed by atoms with van der Waals surface area (Å²) in [6.07, 6.45) is 4.36. The fraction of sp³-hybridized carbons (Fsp3) is 0.571. The molecule has 2 rings (SSSR count). The van der Waals surface area contributed by atoms with E-state index in [1.165, 1.54) is 6.42 Å². The lowest BCUT2D eigenvalue weighted by atomic mass is 9.87. The number of halogens is 1. The molecule has 5 heteroatoms. The van der Waals surface area contributed by atoms with E-state index in [4.69, 9.17) is 0 Å². The van der Waals surface area contributed by atoms with Gasteiger partial charge >= 0.3 is 0 Å². The smallest absolute Gasteiger partial charge is 0.208 e. The minimum Gasteiger partial charge on any atom is -0.208 e. The highest BCUT2D eigenvalue weighted by Gasteiger charge is 2.26. The first kappa shape index (κ1) is 15.0. The average molecular weight is 346 g/mol. The Balaban J connectivity index is 2.19. The molecule has 1 aromatic rings. The minimum absolute atomic E-state index is 0.0719. The average Bonchev–Trinajstić information content (AvgIpc) is 2.35. The molecule has 1 saturated carbocycles. The predicted octanol–water partition coefficient (Wildman–Crippen LogP) is 3.61. The van der Waals surface area contributed by atoms with Gasteiger partial charge in [-0.15, -0.1) is 0 Å². The van der Waals surface area contributed by atoms with E-state index in [9.17, 15) is 8.42 Å². The summed E-state index contributed by atoms with van der Waals surface area (Å²) >= 11 is 3.39. The lowest BCUT2D eigenvalue weighted by molar-refractivity contribution is 0.310. The maximum absolute atomic E-state index is 12.4. The summed E-state index contributed by atoms with van der Waals surface area (Å²) in [4.78, 5) is 0.353. The second kappa shape index (κ2) is 5.94. The summed E-state index contributed by atoms with van der Waals surface area (Å²) in [5.74, 6) is 0.417. The molecule has 1 aromatic carbocycles. The van der Waals surface area contributed by atoms with E-state index >= 15 is 0 Å². The molecular weight excluding hydrogens is 326 g/mol. The fourth-order valence-electron chi connectivity index (χ4n) is 2.54. The predicted molar refractivity (Wildman–Crippen MR) is 80.6 cm³/mol. The van der Waals surface area contributed by atoms with Crippen LogP contribution in [0.3, 0.4) is 0 Å². The maximum Gasteiger partial charge on any atom is 0.240 e. The third kappa shape index (κ3) is 3.58. The number of sulfonamides is 1. The second-order valence-electron chi connectivity index (χ2n) is 5.40. The van der Waals surface area contributed by atoms with Gasteiger partial charge in [0.05, 0.1) is 4.90 Å². The molecule has 3 nitrogen and oxygen atoms in total. The normalized spacial score (nSPS) is 24.4. The van der Waals surface area contributed by atoms with E-state index < -0.39 is 10.0 Å². The molecule has 0 bridgehead atoms. The summed E-state index contributed by atoms with van der Waals surface area (Å²) in [6.45, 7) is 4.02. The zero-order valence-corrected chi connectivity index (χ0v) is 13.7. The molecule has 0 saturated heterocycles. The maximum atomic E-state index is 12.4. The van der Waals surface area contributed by atoms with Crippen molar-refractivity contribution < 1.29 is 8.42 Å². The molecule has 0 aromatic heterocycles. The van der Waals surface area contributed by atoms with Gasteiger partial charge in [0.1, 0.15) is 0 Å². The molecule has 0 spiro atoms. The van der Waals surface area contributed by atoms with Crippen LogP contribution in [0.15, 0.2) is 27.6 Å². The van der Waals surface area contributed by atoms with Crippen LogP contribution in [-0.2, 0) is 10.0 Å². The van der Waals surface area contributed by atoms with Crippen LogP contribution in [0, 0.1) is 12.8 Å². The van der Waals surface area contributed by atoms with Gasteiger partial charge in [-0.05, 0) is 49.4 Å². The topological polar surface area (TPSA) is 46.2 Å². The van der Waals surface area contributed by atoms with E-state index in [1.54, 1.807) is 18.2 Å². The molecule has 0 amide bonds. The van der Waals surface area contributed by atoms with Crippen molar-refractivity contribution in [2.24, 2.45) is 5.92 Å². The fourth-order valence-corrected chi connectivity index (χ4v) is 4.25. The Hall–Kier alpha value is -0.390. The van der Waals surface area contributed by atoms with Gasteiger partial charge in [-0.2, -0.15) is 0 Å². The second-order valence-corrected chi connectivity index (χ2v) is 7.97. The third-order valence-corrected chi connectivity index (χ3v) is 6.24. The molecule has 0 unspecified atom stereocenters. The first-order chi connectivity index (χ1) is 8.90. The number of aryl methyl sites for hydroxylation is 1. The molecule has 0 aliphatic heterocycles. The quantitative estimate of drug-likeness (QED) is 0.909. The zero-order chi connectivity index (χ0) is 14.0. The lowest BCUT2D eigenvalue weighted by Gasteiger charge is -2.29. The molecule has 106 valence electrons. The largest absolute Gasteiger partial charge is 0.240 e. The summed E-state index contributed by atoms with van der Waals surface area (Å²) in [5.41, 5.74) is 0.930. The van der Waals surface area contributed by atoms with E-state index in [0.29, 0.717) is 10.8 Å². The first-order valence-corrected chi connectivity index (χ1v) is 8.96. The van der Waals surface area contributed by atoms with Crippen molar-refractivity contribution in [1.29, 1.82) is 0 Å². The molecule has 0 heterocycles. The van der Waals surface area contributed by atoms with Crippen LogP contribution in [-0.4, -0.2) is 14.5 Å². The first-order valence-electron chi connectivity index (χ1n) is 6.68. The van der Waals surface area contributed by atoms with Crippen LogP contribution in [0.1, 0.15) is 38.2 Å². The Kier molecular flexibility index (Phi) is 4.69. The molecule has 1 aliphatic rings. The monoisotopic (exact) mass is 345 g/mol. The Morgan fingerprint density at radius 3 is 2.58 bits per heavy atom. The molecule has 2 atom stereocenters. The van der Waals surface area contributed by atoms with E-state index in [0.717, 1.165) is 29.3 Å². The summed E-state index contributed by atoms with van der Waals surface area (Å²) < 4.78 is 28.6. The van der Waals surface area contributed by atoms with Crippen molar-refractivity contribution in [2.45, 2.75) is 50.5 Å². The van der Waals surface area contributed by atoms with E-state index in [2.05, 4.69) is 27.6 Å². The van der Waals surface area contributed by atoms with Crippen LogP contribution in [0.5, 0.6) is 0 Å². The van der Waals surface area contributed by atoms with Crippen LogP contribution in [0.25, 0.3) is 0 Å². The van der Waals surface area contributed by atoms with Crippen LogP contribution >= 0.6 is 15.9 Å². The number of hydrogen-bond donors (Lipinski definition) is 1. The van der Waals surface area contributed by atoms with E-state index in [-0.39, 0.29) is 6.04 Å². The van der Waals surface area contributed by atoms with Gasteiger partial charge in [-0.3, -0.25) is 0 Å². The van der Waals surface area contributed by atoms with E-state index in [1.807, 2.05) is 6.92 Å². The number of hydrogen-bond acceptors (Lipinski definition) is 2. The molecule has 19 heavy (non-hydrogen) atoms. The lowest BCUT2D eigenvalue weighted by Crippen LogP contribution is -2.40. The molecule has 1 N–H and O–H groups in total. The Labute approximate surface area is 124 Å². The standard InChI is InChI=1S/C14H20BrNO2S/c1-10-5-3-4-6-14(10)16-19(17,18)12-7-8-13(15)11(2)9-12/h7-10,14,16H,3-6H2,1-2H3/t10-,14+/m0/s1. The van der Waals surface area contributed by atoms with Crippen LogP contribution < -0.4 is 4.72 Å². The molecule has 1 aliphatic carbocycles. The van der Waals surface area contributed by atoms with Crippen molar-refractivity contribution in [3.05, 3.63) is 28.2 Å². The Morgan fingerprint density at radius 1 is 1.26 bits per heavy atom. The van der Waals surface area contributed by atoms with Crippen LogP contribution in [0.2, 0.25) is 0 Å². The summed E-state index contributed by atoms with van der Waals surface area (Å²) in [7, 11) is -3.40. The van der Waals surface area contributed by atoms with Crippen molar-refractivity contribution in [2.75, 3.05) is 0 Å². The van der Waals surface area contributed by atoms with Gasteiger partial charge in [0.25, 0.3) is 0 Å². The molecule has 1 fully saturated rings. The summed E-state index contributed by atoms with van der Waals surface area (Å²) in [6, 6.07) is 5.21. The van der Waals surface area contributed by atoms with Gasteiger partial charge in [0.2, 0.25) is 10.0 Å². The van der Waals surface area contributed by atoms with Gasteiger partial charge < -0.3 is 0 Å². The minimum atomic E-state index is -3.40. The van der Waals surface area contributed by atoms with Gasteiger partial charge in [0, 0.05) is 10.5 Å². The highest BCUT2D eigenvalue weighted by molar-refractivity contribution is 9.10.